The van der Waals surface area contributed by atoms with Crippen molar-refractivity contribution in [2.45, 2.75) is 86.9 Å². The molecule has 43 heavy (non-hydrogen) atoms. The van der Waals surface area contributed by atoms with Crippen LogP contribution in [0.25, 0.3) is 0 Å². The minimum atomic E-state index is -1.35. The Labute approximate surface area is 262 Å². The molecule has 0 bridgehead atoms. The molecule has 0 saturated carbocycles. The maximum absolute atomic E-state index is 11.7. The van der Waals surface area contributed by atoms with Crippen LogP contribution in [0.4, 0.5) is 0 Å². The van der Waals surface area contributed by atoms with E-state index in [2.05, 4.69) is 69.4 Å². The zero-order chi connectivity index (χ0) is 32.9. The maximum Gasteiger partial charge on any atom is 0.186 e. The van der Waals surface area contributed by atoms with Gasteiger partial charge in [0, 0.05) is 0 Å². The lowest BCUT2D eigenvalue weighted by Gasteiger charge is -2.13. The molecule has 0 amide bonds. The molecule has 0 spiro atoms. The first-order chi connectivity index (χ1) is 20.0. The summed E-state index contributed by atoms with van der Waals surface area (Å²) < 4.78 is 0. The standard InChI is InChI=1S/C40H54O3/c1-32(20-13-22-34(3)24-15-26-36(5)28-17-31-39(7,8)42)18-11-12-19-33(2)21-14-23-35(4)25-16-27-37(6)29-30-38(41)40(9,10)43/h11-30,42-43H,31H2,1-10H3/b12-11+,20-13+,21-14+,24-15+,25-16+,28-17+,30-29+,32-18+,33-19+,34-22+,35-23+,36-26+,37-27+. The van der Waals surface area contributed by atoms with E-state index in [0.717, 1.165) is 33.4 Å². The molecule has 0 aromatic heterocycles. The fourth-order valence-corrected chi connectivity index (χ4v) is 3.10. The van der Waals surface area contributed by atoms with Gasteiger partial charge in [-0.3, -0.25) is 4.79 Å². The van der Waals surface area contributed by atoms with Crippen molar-refractivity contribution in [3.8, 4) is 0 Å². The van der Waals surface area contributed by atoms with Gasteiger partial charge in [-0.05, 0) is 81.7 Å². The van der Waals surface area contributed by atoms with E-state index >= 15 is 0 Å². The Morgan fingerprint density at radius 2 is 0.767 bits per heavy atom. The van der Waals surface area contributed by atoms with Crippen LogP contribution in [0.15, 0.2) is 155 Å². The van der Waals surface area contributed by atoms with Gasteiger partial charge in [0.05, 0.1) is 5.60 Å². The van der Waals surface area contributed by atoms with Gasteiger partial charge in [0.2, 0.25) is 0 Å². The van der Waals surface area contributed by atoms with Gasteiger partial charge in [0.25, 0.3) is 0 Å². The van der Waals surface area contributed by atoms with E-state index in [-0.39, 0.29) is 5.78 Å². The van der Waals surface area contributed by atoms with Gasteiger partial charge in [-0.1, -0.05) is 149 Å². The summed E-state index contributed by atoms with van der Waals surface area (Å²) in [5.74, 6) is -0.317. The average molecular weight is 583 g/mol. The molecule has 3 nitrogen and oxygen atoms in total. The van der Waals surface area contributed by atoms with Crippen molar-refractivity contribution < 1.29 is 15.0 Å². The van der Waals surface area contributed by atoms with Crippen molar-refractivity contribution >= 4 is 5.78 Å². The molecular weight excluding hydrogens is 528 g/mol. The van der Waals surface area contributed by atoms with E-state index in [9.17, 15) is 15.0 Å². The van der Waals surface area contributed by atoms with E-state index in [1.807, 2.05) is 81.5 Å². The third-order valence-corrected chi connectivity index (χ3v) is 5.80. The Kier molecular flexibility index (Phi) is 19.1. The summed E-state index contributed by atoms with van der Waals surface area (Å²) in [5, 5.41) is 19.4. The lowest BCUT2D eigenvalue weighted by Crippen LogP contribution is -2.29. The van der Waals surface area contributed by atoms with E-state index < -0.39 is 11.2 Å². The van der Waals surface area contributed by atoms with E-state index in [1.165, 1.54) is 19.9 Å². The molecule has 0 aromatic rings. The summed E-state index contributed by atoms with van der Waals surface area (Å²) in [5.41, 5.74) is 4.61. The molecule has 232 valence electrons. The normalized spacial score (nSPS) is 16.3. The van der Waals surface area contributed by atoms with E-state index in [0.29, 0.717) is 6.42 Å². The molecule has 0 atom stereocenters. The largest absolute Gasteiger partial charge is 0.390 e. The van der Waals surface area contributed by atoms with Crippen LogP contribution in [-0.4, -0.2) is 27.2 Å². The number of allylic oxidation sites excluding steroid dienone is 24. The Bertz CT molecular complexity index is 1290. The van der Waals surface area contributed by atoms with Crippen LogP contribution in [0.1, 0.15) is 75.7 Å². The monoisotopic (exact) mass is 582 g/mol. The number of hydrogen-bond acceptors (Lipinski definition) is 3. The fraction of sp³-hybridized carbons (Fsp3) is 0.325. The zero-order valence-corrected chi connectivity index (χ0v) is 28.1. The third-order valence-electron chi connectivity index (χ3n) is 5.80. The summed E-state index contributed by atoms with van der Waals surface area (Å²) >= 11 is 0. The molecule has 0 saturated heterocycles. The first kappa shape index (κ1) is 39.2. The van der Waals surface area contributed by atoms with Gasteiger partial charge in [-0.15, -0.1) is 0 Å². The van der Waals surface area contributed by atoms with Crippen molar-refractivity contribution in [1.29, 1.82) is 0 Å². The highest BCUT2D eigenvalue weighted by molar-refractivity contribution is 5.96. The minimum Gasteiger partial charge on any atom is -0.390 e. The maximum atomic E-state index is 11.7. The van der Waals surface area contributed by atoms with Crippen molar-refractivity contribution in [3.63, 3.8) is 0 Å². The average Bonchev–Trinajstić information content (AvgIpc) is 2.88. The molecule has 0 heterocycles. The van der Waals surface area contributed by atoms with Crippen LogP contribution in [0, 0.1) is 0 Å². The molecule has 0 aliphatic heterocycles. The van der Waals surface area contributed by atoms with Crippen LogP contribution in [0.2, 0.25) is 0 Å². The van der Waals surface area contributed by atoms with Crippen molar-refractivity contribution in [2.24, 2.45) is 0 Å². The van der Waals surface area contributed by atoms with Crippen LogP contribution >= 0.6 is 0 Å². The molecule has 0 rings (SSSR count). The molecule has 2 N–H and O–H groups in total. The summed E-state index contributed by atoms with van der Waals surface area (Å²) in [6.45, 7) is 18.8. The highest BCUT2D eigenvalue weighted by Crippen LogP contribution is 2.10. The molecule has 0 aliphatic rings. The Morgan fingerprint density at radius 3 is 1.09 bits per heavy atom. The Hall–Kier alpha value is -3.79. The molecule has 0 aromatic carbocycles. The first-order valence-electron chi connectivity index (χ1n) is 14.7. The van der Waals surface area contributed by atoms with Gasteiger partial charge >= 0.3 is 0 Å². The van der Waals surface area contributed by atoms with Crippen molar-refractivity contribution in [3.05, 3.63) is 155 Å². The van der Waals surface area contributed by atoms with Gasteiger partial charge in [0.1, 0.15) is 5.60 Å². The summed E-state index contributed by atoms with van der Waals surface area (Å²) in [6.07, 6.45) is 40.4. The molecule has 0 radical (unpaired) electrons. The zero-order valence-electron chi connectivity index (χ0n) is 28.1. The number of ketones is 1. The molecule has 3 heteroatoms. The van der Waals surface area contributed by atoms with E-state index in [4.69, 9.17) is 0 Å². The SMILES string of the molecule is CC(/C=C/C=C(C)/C=C/C=C(C)/C=C/CC(C)(C)O)=C\C=C\C=C(C)\C=C\C=C(C)\C=C\C=C(C)\C=C\C(=O)C(C)(C)O. The van der Waals surface area contributed by atoms with Gasteiger partial charge in [0.15, 0.2) is 5.78 Å². The number of aliphatic hydroxyl groups is 2. The van der Waals surface area contributed by atoms with Crippen molar-refractivity contribution in [1.82, 2.24) is 0 Å². The van der Waals surface area contributed by atoms with Crippen molar-refractivity contribution in [2.75, 3.05) is 0 Å². The third kappa shape index (κ3) is 24.5. The van der Waals surface area contributed by atoms with Crippen LogP contribution in [0.5, 0.6) is 0 Å². The quantitative estimate of drug-likeness (QED) is 0.141. The van der Waals surface area contributed by atoms with Crippen LogP contribution in [0.3, 0.4) is 0 Å². The summed E-state index contributed by atoms with van der Waals surface area (Å²) in [7, 11) is 0. The van der Waals surface area contributed by atoms with Crippen LogP contribution in [-0.2, 0) is 4.79 Å². The second-order valence-electron chi connectivity index (χ2n) is 12.0. The second kappa shape index (κ2) is 21.0. The smallest absolute Gasteiger partial charge is 0.186 e. The lowest BCUT2D eigenvalue weighted by atomic mass is 10.0. The van der Waals surface area contributed by atoms with Crippen LogP contribution < -0.4 is 0 Å². The van der Waals surface area contributed by atoms with Gasteiger partial charge in [-0.2, -0.15) is 0 Å². The summed E-state index contributed by atoms with van der Waals surface area (Å²) in [4.78, 5) is 11.7. The highest BCUT2D eigenvalue weighted by atomic mass is 16.3. The predicted molar refractivity (Wildman–Crippen MR) is 189 cm³/mol. The molecule has 0 fully saturated rings. The molecule has 0 unspecified atom stereocenters. The molecular formula is C40H54O3. The Morgan fingerprint density at radius 1 is 0.465 bits per heavy atom. The number of hydrogen-bond donors (Lipinski definition) is 2. The van der Waals surface area contributed by atoms with Gasteiger partial charge in [-0.25, -0.2) is 0 Å². The molecule has 0 aliphatic carbocycles. The lowest BCUT2D eigenvalue weighted by molar-refractivity contribution is -0.128. The van der Waals surface area contributed by atoms with E-state index in [1.54, 1.807) is 19.9 Å². The minimum absolute atomic E-state index is 0.317. The first-order valence-corrected chi connectivity index (χ1v) is 14.7. The highest BCUT2D eigenvalue weighted by Gasteiger charge is 2.20. The Balaban J connectivity index is 4.84. The number of rotatable bonds is 16. The fourth-order valence-electron chi connectivity index (χ4n) is 3.10. The number of carbonyl (C=O) groups is 1. The second-order valence-corrected chi connectivity index (χ2v) is 12.0. The number of carbonyl (C=O) groups excluding carboxylic acids is 1. The predicted octanol–water partition coefficient (Wildman–Crippen LogP) is 10.1. The summed E-state index contributed by atoms with van der Waals surface area (Å²) in [6, 6.07) is 0. The topological polar surface area (TPSA) is 57.5 Å². The van der Waals surface area contributed by atoms with Gasteiger partial charge < -0.3 is 10.2 Å².